The van der Waals surface area contributed by atoms with E-state index >= 15 is 0 Å². The Hall–Kier alpha value is -2.66. The van der Waals surface area contributed by atoms with Gasteiger partial charge in [-0.25, -0.2) is 0 Å². The second-order valence-corrected chi connectivity index (χ2v) is 8.80. The van der Waals surface area contributed by atoms with Gasteiger partial charge in [0, 0.05) is 49.9 Å². The molecule has 30 heavy (non-hydrogen) atoms. The molecule has 2 aromatic rings. The van der Waals surface area contributed by atoms with Crippen LogP contribution >= 0.6 is 0 Å². The number of likely N-dealkylation sites (tertiary alicyclic amines) is 1. The van der Waals surface area contributed by atoms with Crippen molar-refractivity contribution in [2.45, 2.75) is 44.2 Å². The van der Waals surface area contributed by atoms with Gasteiger partial charge in [-0.05, 0) is 60.6 Å². The molecular formula is C25H29N3O2. The predicted octanol–water partition coefficient (Wildman–Crippen LogP) is 3.34. The van der Waals surface area contributed by atoms with Crippen molar-refractivity contribution in [3.8, 4) is 11.1 Å². The SMILES string of the molecule is CNC(=O)c1ccc(-c2ccc3c(c2)CCN(C2CCN(C4CCC4)C2)C3=O)cc1. The van der Waals surface area contributed by atoms with Gasteiger partial charge in [-0.3, -0.25) is 14.5 Å². The molecule has 5 nitrogen and oxygen atoms in total. The number of carbonyl (C=O) groups excluding carboxylic acids is 2. The van der Waals surface area contributed by atoms with E-state index in [2.05, 4.69) is 21.2 Å². The molecule has 3 aliphatic rings. The largest absolute Gasteiger partial charge is 0.355 e. The maximum absolute atomic E-state index is 13.2. The minimum Gasteiger partial charge on any atom is -0.355 e. The Balaban J connectivity index is 1.31. The van der Waals surface area contributed by atoms with Crippen LogP contribution in [0.4, 0.5) is 0 Å². The standard InChI is InChI=1S/C25H29N3O2/c1-26-24(29)18-7-5-17(6-8-18)19-9-10-23-20(15-19)11-14-28(25(23)30)22-12-13-27(16-22)21-3-2-4-21/h5-10,15,21-22H,2-4,11-14,16H2,1H3,(H,26,29). The van der Waals surface area contributed by atoms with Crippen LogP contribution in [0.15, 0.2) is 42.5 Å². The zero-order valence-corrected chi connectivity index (χ0v) is 17.6. The molecule has 2 heterocycles. The molecule has 2 aromatic carbocycles. The van der Waals surface area contributed by atoms with Gasteiger partial charge in [0.1, 0.15) is 0 Å². The van der Waals surface area contributed by atoms with Gasteiger partial charge in [-0.1, -0.05) is 30.7 Å². The fraction of sp³-hybridized carbons (Fsp3) is 0.440. The molecule has 2 amide bonds. The first-order valence-electron chi connectivity index (χ1n) is 11.1. The highest BCUT2D eigenvalue weighted by atomic mass is 16.2. The van der Waals surface area contributed by atoms with Gasteiger partial charge in [-0.15, -0.1) is 0 Å². The summed E-state index contributed by atoms with van der Waals surface area (Å²) < 4.78 is 0. The van der Waals surface area contributed by atoms with Crippen LogP contribution in [0.1, 0.15) is 52.0 Å². The van der Waals surface area contributed by atoms with E-state index < -0.39 is 0 Å². The van der Waals surface area contributed by atoms with Crippen molar-refractivity contribution in [2.75, 3.05) is 26.7 Å². The van der Waals surface area contributed by atoms with Gasteiger partial charge in [-0.2, -0.15) is 0 Å². The van der Waals surface area contributed by atoms with Gasteiger partial charge in [0.15, 0.2) is 0 Å². The Morgan fingerprint density at radius 3 is 2.43 bits per heavy atom. The molecule has 1 aliphatic carbocycles. The first-order chi connectivity index (χ1) is 14.6. The Bertz CT molecular complexity index is 965. The fourth-order valence-corrected chi connectivity index (χ4v) is 5.10. The van der Waals surface area contributed by atoms with Crippen LogP contribution in [-0.4, -0.2) is 60.4 Å². The van der Waals surface area contributed by atoms with Crippen LogP contribution in [-0.2, 0) is 6.42 Å². The lowest BCUT2D eigenvalue weighted by Gasteiger charge is -2.37. The molecular weight excluding hydrogens is 374 g/mol. The highest BCUT2D eigenvalue weighted by Crippen LogP contribution is 2.32. The summed E-state index contributed by atoms with van der Waals surface area (Å²) in [6.45, 7) is 2.99. The predicted molar refractivity (Wildman–Crippen MR) is 118 cm³/mol. The van der Waals surface area contributed by atoms with E-state index in [1.807, 2.05) is 36.4 Å². The lowest BCUT2D eigenvalue weighted by atomic mass is 9.92. The second kappa shape index (κ2) is 7.88. The molecule has 1 atom stereocenters. The zero-order valence-electron chi connectivity index (χ0n) is 17.6. The highest BCUT2D eigenvalue weighted by molar-refractivity contribution is 5.98. The van der Waals surface area contributed by atoms with Crippen molar-refractivity contribution in [1.29, 1.82) is 0 Å². The molecule has 1 saturated carbocycles. The molecule has 0 bridgehead atoms. The van der Waals surface area contributed by atoms with Crippen LogP contribution in [0.5, 0.6) is 0 Å². The summed E-state index contributed by atoms with van der Waals surface area (Å²) in [6.07, 6.45) is 6.03. The van der Waals surface area contributed by atoms with E-state index in [1.54, 1.807) is 7.05 Å². The molecule has 2 aliphatic heterocycles. The van der Waals surface area contributed by atoms with Gasteiger partial charge >= 0.3 is 0 Å². The topological polar surface area (TPSA) is 52.7 Å². The Labute approximate surface area is 178 Å². The Morgan fingerprint density at radius 1 is 0.967 bits per heavy atom. The van der Waals surface area contributed by atoms with Crippen LogP contribution in [0, 0.1) is 0 Å². The van der Waals surface area contributed by atoms with E-state index in [-0.39, 0.29) is 11.8 Å². The van der Waals surface area contributed by atoms with E-state index in [9.17, 15) is 9.59 Å². The molecule has 1 unspecified atom stereocenters. The Kier molecular flexibility index (Phi) is 5.07. The third-order valence-electron chi connectivity index (χ3n) is 7.15. The van der Waals surface area contributed by atoms with Gasteiger partial charge < -0.3 is 10.2 Å². The number of fused-ring (bicyclic) bond motifs is 1. The maximum atomic E-state index is 13.2. The average Bonchev–Trinajstić information content (AvgIpc) is 3.21. The number of benzene rings is 2. The van der Waals surface area contributed by atoms with Crippen molar-refractivity contribution < 1.29 is 9.59 Å². The van der Waals surface area contributed by atoms with Crippen molar-refractivity contribution in [1.82, 2.24) is 15.1 Å². The smallest absolute Gasteiger partial charge is 0.254 e. The summed E-state index contributed by atoms with van der Waals surface area (Å²) in [5.41, 5.74) is 4.80. The number of nitrogens with one attached hydrogen (secondary N) is 1. The molecule has 1 N–H and O–H groups in total. The minimum absolute atomic E-state index is 0.0829. The van der Waals surface area contributed by atoms with Crippen molar-refractivity contribution in [3.05, 3.63) is 59.2 Å². The third-order valence-corrected chi connectivity index (χ3v) is 7.15. The van der Waals surface area contributed by atoms with Crippen LogP contribution in [0.25, 0.3) is 11.1 Å². The van der Waals surface area contributed by atoms with Crippen molar-refractivity contribution in [2.24, 2.45) is 0 Å². The fourth-order valence-electron chi connectivity index (χ4n) is 5.10. The summed E-state index contributed by atoms with van der Waals surface area (Å²) >= 11 is 0. The van der Waals surface area contributed by atoms with E-state index in [0.29, 0.717) is 11.6 Å². The van der Waals surface area contributed by atoms with Crippen LogP contribution in [0.3, 0.4) is 0 Å². The second-order valence-electron chi connectivity index (χ2n) is 8.80. The molecule has 0 aromatic heterocycles. The number of carbonyl (C=O) groups is 2. The van der Waals surface area contributed by atoms with Crippen molar-refractivity contribution >= 4 is 11.8 Å². The molecule has 5 rings (SSSR count). The van der Waals surface area contributed by atoms with Gasteiger partial charge in [0.2, 0.25) is 0 Å². The Morgan fingerprint density at radius 2 is 1.73 bits per heavy atom. The van der Waals surface area contributed by atoms with Crippen LogP contribution in [0.2, 0.25) is 0 Å². The van der Waals surface area contributed by atoms with Gasteiger partial charge in [0.05, 0.1) is 0 Å². The lowest BCUT2D eigenvalue weighted by Crippen LogP contribution is -2.47. The zero-order chi connectivity index (χ0) is 20.7. The molecule has 5 heteroatoms. The molecule has 2 fully saturated rings. The van der Waals surface area contributed by atoms with Crippen molar-refractivity contribution in [3.63, 3.8) is 0 Å². The maximum Gasteiger partial charge on any atom is 0.254 e. The number of rotatable bonds is 4. The van der Waals surface area contributed by atoms with Gasteiger partial charge in [0.25, 0.3) is 11.8 Å². The van der Waals surface area contributed by atoms with E-state index in [0.717, 1.165) is 60.8 Å². The van der Waals surface area contributed by atoms with Crippen LogP contribution < -0.4 is 5.32 Å². The van der Waals surface area contributed by atoms with E-state index in [4.69, 9.17) is 0 Å². The molecule has 1 saturated heterocycles. The highest BCUT2D eigenvalue weighted by Gasteiger charge is 2.37. The summed E-state index contributed by atoms with van der Waals surface area (Å²) in [4.78, 5) is 29.7. The first-order valence-corrected chi connectivity index (χ1v) is 11.1. The monoisotopic (exact) mass is 403 g/mol. The quantitative estimate of drug-likeness (QED) is 0.852. The number of hydrogen-bond donors (Lipinski definition) is 1. The minimum atomic E-state index is -0.0829. The molecule has 0 radical (unpaired) electrons. The molecule has 0 spiro atoms. The lowest BCUT2D eigenvalue weighted by molar-refractivity contribution is 0.0646. The molecule has 156 valence electrons. The summed E-state index contributed by atoms with van der Waals surface area (Å²) in [5.74, 6) is 0.110. The first kappa shape index (κ1) is 19.3. The third kappa shape index (κ3) is 3.41. The number of nitrogens with zero attached hydrogens (tertiary/aromatic N) is 2. The number of hydrogen-bond acceptors (Lipinski definition) is 3. The summed E-state index contributed by atoms with van der Waals surface area (Å²) in [5, 5.41) is 2.64. The average molecular weight is 404 g/mol. The normalized spacial score (nSPS) is 22.0. The summed E-state index contributed by atoms with van der Waals surface area (Å²) in [6, 6.07) is 14.9. The number of amides is 2. The summed E-state index contributed by atoms with van der Waals surface area (Å²) in [7, 11) is 1.64. The van der Waals surface area contributed by atoms with E-state index in [1.165, 1.54) is 19.3 Å².